The lowest BCUT2D eigenvalue weighted by molar-refractivity contribution is -0.660. The molecule has 2 aliphatic carbocycles. The number of fused-ring (bicyclic) bond motifs is 1. The van der Waals surface area contributed by atoms with Crippen molar-refractivity contribution in [2.45, 2.75) is 65.7 Å². The Hall–Kier alpha value is -1.63. The number of pyridine rings is 1. The fraction of sp³-hybridized carbons (Fsp3) is 0.542. The predicted molar refractivity (Wildman–Crippen MR) is 105 cm³/mol. The van der Waals surface area contributed by atoms with Crippen LogP contribution in [0.15, 0.2) is 24.4 Å². The van der Waals surface area contributed by atoms with Crippen molar-refractivity contribution in [1.82, 2.24) is 0 Å². The van der Waals surface area contributed by atoms with Crippen LogP contribution in [0.3, 0.4) is 0 Å². The first kappa shape index (κ1) is 16.8. The summed E-state index contributed by atoms with van der Waals surface area (Å²) in [6.07, 6.45) is 12.2. The highest BCUT2D eigenvalue weighted by Gasteiger charge is 2.30. The number of hydrogen-bond donors (Lipinski definition) is 0. The van der Waals surface area contributed by atoms with E-state index in [0.717, 1.165) is 11.8 Å². The second-order valence-electron chi connectivity index (χ2n) is 8.64. The van der Waals surface area contributed by atoms with Gasteiger partial charge in [0.1, 0.15) is 7.05 Å². The van der Waals surface area contributed by atoms with E-state index in [1.165, 1.54) is 72.9 Å². The average molecular weight is 335 g/mol. The summed E-state index contributed by atoms with van der Waals surface area (Å²) >= 11 is 0. The average Bonchev–Trinajstić information content (AvgIpc) is 3.01. The highest BCUT2D eigenvalue weighted by Crippen LogP contribution is 2.40. The van der Waals surface area contributed by atoms with Crippen molar-refractivity contribution in [3.63, 3.8) is 0 Å². The van der Waals surface area contributed by atoms with Crippen LogP contribution in [0.4, 0.5) is 0 Å². The van der Waals surface area contributed by atoms with Crippen molar-refractivity contribution in [3.05, 3.63) is 52.2 Å². The highest BCUT2D eigenvalue weighted by molar-refractivity contribution is 5.64. The zero-order valence-electron chi connectivity index (χ0n) is 16.4. The Labute approximate surface area is 153 Å². The second-order valence-corrected chi connectivity index (χ2v) is 8.64. The van der Waals surface area contributed by atoms with Gasteiger partial charge in [0.25, 0.3) is 0 Å². The van der Waals surface area contributed by atoms with Crippen LogP contribution in [0.1, 0.15) is 59.9 Å². The van der Waals surface area contributed by atoms with Crippen molar-refractivity contribution in [2.24, 2.45) is 18.9 Å². The van der Waals surface area contributed by atoms with Gasteiger partial charge in [-0.05, 0) is 73.8 Å². The minimum absolute atomic E-state index is 0.901. The topological polar surface area (TPSA) is 3.88 Å². The Morgan fingerprint density at radius 1 is 0.760 bits per heavy atom. The molecule has 1 nitrogen and oxygen atoms in total. The molecule has 1 aromatic heterocycles. The van der Waals surface area contributed by atoms with Crippen LogP contribution in [0, 0.1) is 32.6 Å². The van der Waals surface area contributed by atoms with Gasteiger partial charge in [0.05, 0.1) is 0 Å². The van der Waals surface area contributed by atoms with Gasteiger partial charge in [0, 0.05) is 17.2 Å². The molecule has 1 aromatic carbocycles. The first-order chi connectivity index (χ1) is 12.0. The molecule has 25 heavy (non-hydrogen) atoms. The van der Waals surface area contributed by atoms with E-state index in [1.807, 2.05) is 0 Å². The number of hydrogen-bond acceptors (Lipinski definition) is 0. The Morgan fingerprint density at radius 3 is 2.16 bits per heavy atom. The van der Waals surface area contributed by atoms with Crippen molar-refractivity contribution in [2.75, 3.05) is 0 Å². The molecule has 0 radical (unpaired) electrons. The third-order valence-corrected chi connectivity index (χ3v) is 6.85. The van der Waals surface area contributed by atoms with E-state index < -0.39 is 0 Å². The van der Waals surface area contributed by atoms with E-state index in [2.05, 4.69) is 56.8 Å². The molecule has 0 saturated heterocycles. The molecular weight excluding hydrogens is 302 g/mol. The van der Waals surface area contributed by atoms with Crippen LogP contribution in [0.25, 0.3) is 11.3 Å². The molecule has 1 heteroatoms. The van der Waals surface area contributed by atoms with Crippen molar-refractivity contribution >= 4 is 0 Å². The summed E-state index contributed by atoms with van der Waals surface area (Å²) in [7, 11) is 2.18. The van der Waals surface area contributed by atoms with Gasteiger partial charge in [-0.1, -0.05) is 38.2 Å². The number of rotatable bonds is 2. The van der Waals surface area contributed by atoms with Gasteiger partial charge in [0.2, 0.25) is 5.69 Å². The lowest BCUT2D eigenvalue weighted by Gasteiger charge is -2.27. The van der Waals surface area contributed by atoms with E-state index in [9.17, 15) is 0 Å². The molecule has 132 valence electrons. The molecule has 4 rings (SSSR count). The molecule has 0 amide bonds. The molecular formula is C24H32N+. The van der Waals surface area contributed by atoms with Crippen LogP contribution in [-0.4, -0.2) is 0 Å². The maximum Gasteiger partial charge on any atom is 0.212 e. The molecule has 0 spiro atoms. The summed E-state index contributed by atoms with van der Waals surface area (Å²) in [5, 5.41) is 0. The summed E-state index contributed by atoms with van der Waals surface area (Å²) in [5.74, 6) is 1.88. The van der Waals surface area contributed by atoms with Gasteiger partial charge in [-0.15, -0.1) is 0 Å². The SMILES string of the molecule is Cc1cc(-c2cc3c(cc2C)CC(C2CCCCC2)C3)[n+](C)cc1C. The molecule has 1 fully saturated rings. The highest BCUT2D eigenvalue weighted by atomic mass is 14.9. The molecule has 0 aliphatic heterocycles. The summed E-state index contributed by atoms with van der Waals surface area (Å²) in [6, 6.07) is 7.36. The lowest BCUT2D eigenvalue weighted by Crippen LogP contribution is -2.31. The van der Waals surface area contributed by atoms with Crippen molar-refractivity contribution in [3.8, 4) is 11.3 Å². The summed E-state index contributed by atoms with van der Waals surface area (Å²) in [5.41, 5.74) is 10.2. The molecule has 0 N–H and O–H groups in total. The van der Waals surface area contributed by atoms with E-state index in [-0.39, 0.29) is 0 Å². The van der Waals surface area contributed by atoms with E-state index in [1.54, 1.807) is 11.1 Å². The monoisotopic (exact) mass is 334 g/mol. The fourth-order valence-electron chi connectivity index (χ4n) is 5.19. The fourth-order valence-corrected chi connectivity index (χ4v) is 5.19. The minimum atomic E-state index is 0.901. The summed E-state index contributed by atoms with van der Waals surface area (Å²) < 4.78 is 2.30. The van der Waals surface area contributed by atoms with Crippen LogP contribution in [0.2, 0.25) is 0 Å². The summed E-state index contributed by atoms with van der Waals surface area (Å²) in [4.78, 5) is 0. The zero-order chi connectivity index (χ0) is 17.6. The zero-order valence-corrected chi connectivity index (χ0v) is 16.4. The first-order valence-corrected chi connectivity index (χ1v) is 10.1. The van der Waals surface area contributed by atoms with E-state index in [0.29, 0.717) is 0 Å². The molecule has 1 heterocycles. The molecule has 2 aliphatic rings. The minimum Gasteiger partial charge on any atom is -0.201 e. The quantitative estimate of drug-likeness (QED) is 0.648. The van der Waals surface area contributed by atoms with E-state index in [4.69, 9.17) is 0 Å². The van der Waals surface area contributed by atoms with Crippen LogP contribution in [-0.2, 0) is 19.9 Å². The number of aryl methyl sites for hydroxylation is 4. The van der Waals surface area contributed by atoms with Gasteiger partial charge in [0.15, 0.2) is 6.20 Å². The molecule has 1 unspecified atom stereocenters. The van der Waals surface area contributed by atoms with Gasteiger partial charge in [-0.3, -0.25) is 0 Å². The van der Waals surface area contributed by atoms with Gasteiger partial charge in [-0.2, -0.15) is 0 Å². The third kappa shape index (κ3) is 3.14. The standard InChI is InChI=1S/C24H32N/c1-16-11-24(25(4)15-18(16)3)23-14-22-13-21(12-20(22)10-17(23)2)19-8-6-5-7-9-19/h10-11,14-15,19,21H,5-9,12-13H2,1-4H3/q+1. The Morgan fingerprint density at radius 2 is 1.44 bits per heavy atom. The van der Waals surface area contributed by atoms with Gasteiger partial charge < -0.3 is 0 Å². The van der Waals surface area contributed by atoms with Crippen LogP contribution < -0.4 is 4.57 Å². The lowest BCUT2D eigenvalue weighted by atomic mass is 9.79. The first-order valence-electron chi connectivity index (χ1n) is 10.1. The maximum absolute atomic E-state index is 2.51. The smallest absolute Gasteiger partial charge is 0.201 e. The third-order valence-electron chi connectivity index (χ3n) is 6.85. The van der Waals surface area contributed by atoms with E-state index >= 15 is 0 Å². The van der Waals surface area contributed by atoms with Crippen molar-refractivity contribution in [1.29, 1.82) is 0 Å². The molecule has 0 bridgehead atoms. The van der Waals surface area contributed by atoms with Crippen molar-refractivity contribution < 1.29 is 4.57 Å². The predicted octanol–water partition coefficient (Wildman–Crippen LogP) is 5.40. The normalized spacial score (nSPS) is 20.7. The summed E-state index contributed by atoms with van der Waals surface area (Å²) in [6.45, 7) is 6.71. The Balaban J connectivity index is 1.67. The number of nitrogens with zero attached hydrogens (tertiary/aromatic N) is 1. The number of aromatic nitrogens is 1. The Bertz CT molecular complexity index is 796. The molecule has 2 aromatic rings. The second kappa shape index (κ2) is 6.59. The molecule has 1 saturated carbocycles. The van der Waals surface area contributed by atoms with Crippen LogP contribution in [0.5, 0.6) is 0 Å². The maximum atomic E-state index is 2.51. The number of benzene rings is 1. The van der Waals surface area contributed by atoms with Crippen LogP contribution >= 0.6 is 0 Å². The Kier molecular flexibility index (Phi) is 4.43. The largest absolute Gasteiger partial charge is 0.212 e. The van der Waals surface area contributed by atoms with Gasteiger partial charge in [-0.25, -0.2) is 4.57 Å². The molecule has 1 atom stereocenters. The van der Waals surface area contributed by atoms with Gasteiger partial charge >= 0.3 is 0 Å².